The summed E-state index contributed by atoms with van der Waals surface area (Å²) < 4.78 is 31.8. The minimum absolute atomic E-state index is 0.0675. The zero-order valence-corrected chi connectivity index (χ0v) is 12.4. The Kier molecular flexibility index (Phi) is 4.64. The number of nitrogens with one attached hydrogen (secondary N) is 1. The van der Waals surface area contributed by atoms with Crippen molar-refractivity contribution in [1.82, 2.24) is 4.98 Å². The number of sulfonamides is 1. The summed E-state index contributed by atoms with van der Waals surface area (Å²) in [6.07, 6.45) is 1.97. The van der Waals surface area contributed by atoms with Gasteiger partial charge in [0, 0.05) is 24.0 Å². The number of ether oxygens (including phenoxy) is 1. The van der Waals surface area contributed by atoms with Crippen molar-refractivity contribution in [2.24, 2.45) is 0 Å². The molecule has 1 aromatic heterocycles. The second kappa shape index (κ2) is 6.45. The van der Waals surface area contributed by atoms with E-state index in [-0.39, 0.29) is 5.75 Å². The lowest BCUT2D eigenvalue weighted by Crippen LogP contribution is -2.19. The lowest BCUT2D eigenvalue weighted by molar-refractivity contribution is 0.417. The van der Waals surface area contributed by atoms with Crippen molar-refractivity contribution < 1.29 is 13.2 Å². The van der Waals surface area contributed by atoms with Crippen LogP contribution in [-0.4, -0.2) is 26.3 Å². The van der Waals surface area contributed by atoms with E-state index in [1.165, 1.54) is 13.2 Å². The number of methoxy groups -OCH3 is 1. The molecule has 0 radical (unpaired) electrons. The Morgan fingerprint density at radius 1 is 1.29 bits per heavy atom. The van der Waals surface area contributed by atoms with E-state index in [0.717, 1.165) is 5.69 Å². The summed E-state index contributed by atoms with van der Waals surface area (Å²) in [6, 6.07) is 10.2. The molecule has 0 unspecified atom stereocenters. The molecule has 0 amide bonds. The Hall–Kier alpha value is -2.28. The van der Waals surface area contributed by atoms with Gasteiger partial charge in [0.2, 0.25) is 10.0 Å². The summed E-state index contributed by atoms with van der Waals surface area (Å²) in [4.78, 5) is 4.10. The van der Waals surface area contributed by atoms with E-state index < -0.39 is 10.0 Å². The molecule has 6 nitrogen and oxygen atoms in total. The second-order valence-corrected chi connectivity index (χ2v) is 6.29. The zero-order chi connectivity index (χ0) is 15.3. The lowest BCUT2D eigenvalue weighted by atomic mass is 10.2. The van der Waals surface area contributed by atoms with Gasteiger partial charge in [-0.25, -0.2) is 8.42 Å². The zero-order valence-electron chi connectivity index (χ0n) is 11.6. The number of aromatic nitrogens is 1. The first-order valence-corrected chi connectivity index (χ1v) is 7.99. The normalized spacial score (nSPS) is 11.1. The smallest absolute Gasteiger partial charge is 0.233 e. The number of rotatable bonds is 6. The van der Waals surface area contributed by atoms with Crippen molar-refractivity contribution in [3.8, 4) is 5.75 Å². The molecule has 0 spiro atoms. The molecule has 21 heavy (non-hydrogen) atoms. The molecule has 0 aliphatic carbocycles. The van der Waals surface area contributed by atoms with E-state index in [0.29, 0.717) is 23.5 Å². The predicted octanol–water partition coefficient (Wildman–Crippen LogP) is 1.66. The van der Waals surface area contributed by atoms with Gasteiger partial charge in [-0.15, -0.1) is 0 Å². The quantitative estimate of drug-likeness (QED) is 0.791. The molecular formula is C14H17N3O3S. The average Bonchev–Trinajstić information content (AvgIpc) is 2.46. The summed E-state index contributed by atoms with van der Waals surface area (Å²) in [6.45, 7) is 0. The molecule has 3 N–H and O–H groups in total. The van der Waals surface area contributed by atoms with Crippen LogP contribution in [0.5, 0.6) is 5.75 Å². The van der Waals surface area contributed by atoms with Gasteiger partial charge < -0.3 is 10.5 Å². The van der Waals surface area contributed by atoms with E-state index in [9.17, 15) is 8.42 Å². The maximum Gasteiger partial charge on any atom is 0.233 e. The van der Waals surface area contributed by atoms with E-state index >= 15 is 0 Å². The van der Waals surface area contributed by atoms with Crippen LogP contribution in [0.15, 0.2) is 42.6 Å². The molecule has 112 valence electrons. The van der Waals surface area contributed by atoms with E-state index in [4.69, 9.17) is 10.5 Å². The number of pyridine rings is 1. The summed E-state index contributed by atoms with van der Waals surface area (Å²) >= 11 is 0. The minimum Gasteiger partial charge on any atom is -0.495 e. The molecule has 0 saturated heterocycles. The average molecular weight is 307 g/mol. The van der Waals surface area contributed by atoms with Gasteiger partial charge in [-0.3, -0.25) is 9.71 Å². The van der Waals surface area contributed by atoms with Crippen LogP contribution < -0.4 is 15.2 Å². The molecule has 0 saturated carbocycles. The third-order valence-corrected chi connectivity index (χ3v) is 4.11. The summed E-state index contributed by atoms with van der Waals surface area (Å²) in [7, 11) is -2.04. The largest absolute Gasteiger partial charge is 0.495 e. The molecule has 7 heteroatoms. The molecule has 1 aromatic carbocycles. The standard InChI is InChI=1S/C14H17N3O3S/c1-20-14-6-5-11(15)10-13(14)17-21(18,19)9-7-12-4-2-3-8-16-12/h2-6,8,10,17H,7,9,15H2,1H3. The monoisotopic (exact) mass is 307 g/mol. The van der Waals surface area contributed by atoms with E-state index in [1.807, 2.05) is 6.07 Å². The van der Waals surface area contributed by atoms with Crippen molar-refractivity contribution >= 4 is 21.4 Å². The predicted molar refractivity (Wildman–Crippen MR) is 82.8 cm³/mol. The van der Waals surface area contributed by atoms with Crippen molar-refractivity contribution in [3.63, 3.8) is 0 Å². The van der Waals surface area contributed by atoms with E-state index in [2.05, 4.69) is 9.71 Å². The summed E-state index contributed by atoms with van der Waals surface area (Å²) in [5.74, 6) is 0.354. The minimum atomic E-state index is -3.51. The summed E-state index contributed by atoms with van der Waals surface area (Å²) in [5.41, 5.74) is 7.18. The fourth-order valence-corrected chi connectivity index (χ4v) is 2.88. The van der Waals surface area contributed by atoms with Gasteiger partial charge in [0.25, 0.3) is 0 Å². The van der Waals surface area contributed by atoms with Gasteiger partial charge >= 0.3 is 0 Å². The van der Waals surface area contributed by atoms with Gasteiger partial charge in [0.05, 0.1) is 18.6 Å². The molecule has 0 aliphatic rings. The lowest BCUT2D eigenvalue weighted by Gasteiger charge is -2.12. The highest BCUT2D eigenvalue weighted by atomic mass is 32.2. The Balaban J connectivity index is 2.09. The van der Waals surface area contributed by atoms with Crippen molar-refractivity contribution in [2.75, 3.05) is 23.3 Å². The van der Waals surface area contributed by atoms with Crippen LogP contribution in [0.2, 0.25) is 0 Å². The first-order valence-electron chi connectivity index (χ1n) is 6.34. The third-order valence-electron chi connectivity index (χ3n) is 2.84. The topological polar surface area (TPSA) is 94.3 Å². The van der Waals surface area contributed by atoms with Crippen molar-refractivity contribution in [2.45, 2.75) is 6.42 Å². The number of anilines is 2. The van der Waals surface area contributed by atoms with Crippen molar-refractivity contribution in [3.05, 3.63) is 48.3 Å². The van der Waals surface area contributed by atoms with Gasteiger partial charge in [0.15, 0.2) is 0 Å². The van der Waals surface area contributed by atoms with Gasteiger partial charge in [-0.1, -0.05) is 6.07 Å². The number of nitrogen functional groups attached to an aromatic ring is 1. The number of hydrogen-bond donors (Lipinski definition) is 2. The Labute approximate surface area is 124 Å². The fraction of sp³-hybridized carbons (Fsp3) is 0.214. The number of nitrogens with two attached hydrogens (primary N) is 1. The molecule has 0 atom stereocenters. The number of hydrogen-bond acceptors (Lipinski definition) is 5. The maximum atomic E-state index is 12.1. The Morgan fingerprint density at radius 3 is 2.76 bits per heavy atom. The molecule has 2 aromatic rings. The number of aryl methyl sites for hydroxylation is 1. The van der Waals surface area contributed by atoms with Gasteiger partial charge in [-0.2, -0.15) is 0 Å². The highest BCUT2D eigenvalue weighted by Gasteiger charge is 2.14. The highest BCUT2D eigenvalue weighted by Crippen LogP contribution is 2.27. The van der Waals surface area contributed by atoms with Crippen LogP contribution in [0.4, 0.5) is 11.4 Å². The Morgan fingerprint density at radius 2 is 2.10 bits per heavy atom. The van der Waals surface area contributed by atoms with Gasteiger partial charge in [-0.05, 0) is 30.3 Å². The second-order valence-electron chi connectivity index (χ2n) is 4.45. The first-order chi connectivity index (χ1) is 10.00. The SMILES string of the molecule is COc1ccc(N)cc1NS(=O)(=O)CCc1ccccn1. The third kappa shape index (κ3) is 4.35. The fourth-order valence-electron chi connectivity index (χ4n) is 1.81. The molecule has 2 rings (SSSR count). The molecular weight excluding hydrogens is 290 g/mol. The molecule has 0 bridgehead atoms. The van der Waals surface area contributed by atoms with Crippen LogP contribution in [0.25, 0.3) is 0 Å². The van der Waals surface area contributed by atoms with Crippen LogP contribution in [0.3, 0.4) is 0 Å². The van der Waals surface area contributed by atoms with Crippen LogP contribution in [0.1, 0.15) is 5.69 Å². The molecule has 1 heterocycles. The van der Waals surface area contributed by atoms with E-state index in [1.54, 1.807) is 30.5 Å². The molecule has 0 aliphatic heterocycles. The summed E-state index contributed by atoms with van der Waals surface area (Å²) in [5, 5.41) is 0. The maximum absolute atomic E-state index is 12.1. The first kappa shape index (κ1) is 15.1. The van der Waals surface area contributed by atoms with Gasteiger partial charge in [0.1, 0.15) is 5.75 Å². The highest BCUT2D eigenvalue weighted by molar-refractivity contribution is 7.92. The number of nitrogens with zero attached hydrogens (tertiary/aromatic N) is 1. The van der Waals surface area contributed by atoms with Crippen LogP contribution in [0, 0.1) is 0 Å². The molecule has 0 fully saturated rings. The van der Waals surface area contributed by atoms with Crippen LogP contribution >= 0.6 is 0 Å². The van der Waals surface area contributed by atoms with Crippen LogP contribution in [-0.2, 0) is 16.4 Å². The Bertz CT molecular complexity index is 703. The van der Waals surface area contributed by atoms with Crippen molar-refractivity contribution in [1.29, 1.82) is 0 Å². The number of benzene rings is 1.